The number of amides is 2. The molecule has 2 aromatic carbocycles. The lowest BCUT2D eigenvalue weighted by Gasteiger charge is -2.34. The number of methoxy groups -OCH3 is 1. The minimum Gasteiger partial charge on any atom is -0.497 e. The van der Waals surface area contributed by atoms with Crippen molar-refractivity contribution in [1.29, 1.82) is 0 Å². The first-order valence-corrected chi connectivity index (χ1v) is 12.1. The van der Waals surface area contributed by atoms with Gasteiger partial charge in [0, 0.05) is 25.7 Å². The van der Waals surface area contributed by atoms with Gasteiger partial charge in [-0.25, -0.2) is 8.42 Å². The van der Waals surface area contributed by atoms with Crippen LogP contribution >= 0.6 is 0 Å². The minimum absolute atomic E-state index is 0.211. The van der Waals surface area contributed by atoms with Gasteiger partial charge in [-0.15, -0.1) is 0 Å². The highest BCUT2D eigenvalue weighted by molar-refractivity contribution is 7.89. The van der Waals surface area contributed by atoms with E-state index in [2.05, 4.69) is 10.6 Å². The second-order valence-corrected chi connectivity index (χ2v) is 9.54. The van der Waals surface area contributed by atoms with Crippen molar-refractivity contribution in [2.45, 2.75) is 43.2 Å². The molecule has 172 valence electrons. The van der Waals surface area contributed by atoms with Gasteiger partial charge in [0.05, 0.1) is 12.0 Å². The molecule has 0 saturated carbocycles. The Balaban J connectivity index is 1.49. The van der Waals surface area contributed by atoms with Gasteiger partial charge < -0.3 is 15.4 Å². The molecule has 0 bridgehead atoms. The van der Waals surface area contributed by atoms with Crippen LogP contribution in [0.5, 0.6) is 5.75 Å². The van der Waals surface area contributed by atoms with Crippen LogP contribution in [0.3, 0.4) is 0 Å². The van der Waals surface area contributed by atoms with Crippen LogP contribution in [0.25, 0.3) is 0 Å². The van der Waals surface area contributed by atoms with E-state index in [1.54, 1.807) is 49.6 Å². The lowest BCUT2D eigenvalue weighted by molar-refractivity contribution is -0.139. The van der Waals surface area contributed by atoms with Crippen molar-refractivity contribution in [1.82, 2.24) is 14.9 Å². The third kappa shape index (κ3) is 6.08. The number of carbonyl (C=O) groups is 2. The zero-order valence-corrected chi connectivity index (χ0v) is 18.9. The normalized spacial score (nSPS) is 16.8. The van der Waals surface area contributed by atoms with E-state index in [4.69, 9.17) is 4.74 Å². The molecule has 1 saturated heterocycles. The number of hydrogen-bond donors (Lipinski definition) is 2. The zero-order chi connectivity index (χ0) is 23.0. The van der Waals surface area contributed by atoms with Gasteiger partial charge in [0.1, 0.15) is 5.75 Å². The van der Waals surface area contributed by atoms with Gasteiger partial charge in [-0.1, -0.05) is 36.8 Å². The van der Waals surface area contributed by atoms with E-state index >= 15 is 0 Å². The van der Waals surface area contributed by atoms with Crippen molar-refractivity contribution in [3.63, 3.8) is 0 Å². The SMILES string of the molecule is COc1ccc(CNC(=O)C(=O)NCC[C@@H]2CCCCN2S(=O)(=O)c2ccccc2)cc1. The number of nitrogens with one attached hydrogen (secondary N) is 2. The summed E-state index contributed by atoms with van der Waals surface area (Å²) in [7, 11) is -2.02. The average molecular weight is 460 g/mol. The van der Waals surface area contributed by atoms with Crippen molar-refractivity contribution in [3.05, 3.63) is 60.2 Å². The fraction of sp³-hybridized carbons (Fsp3) is 0.391. The summed E-state index contributed by atoms with van der Waals surface area (Å²) in [6.45, 7) is 0.903. The van der Waals surface area contributed by atoms with Gasteiger partial charge in [0.25, 0.3) is 0 Å². The molecule has 1 atom stereocenters. The molecule has 2 aromatic rings. The lowest BCUT2D eigenvalue weighted by atomic mass is 10.0. The molecule has 1 aliphatic heterocycles. The standard InChI is InChI=1S/C23H29N3O5S/c1-31-20-12-10-18(11-13-20)17-25-23(28)22(27)24-15-14-19-7-5-6-16-26(19)32(29,30)21-8-3-2-4-9-21/h2-4,8-13,19H,5-7,14-17H2,1H3,(H,24,27)(H,25,28)/t19-/m0/s1. The number of nitrogens with zero attached hydrogens (tertiary/aromatic N) is 1. The Morgan fingerprint density at radius 3 is 2.38 bits per heavy atom. The van der Waals surface area contributed by atoms with E-state index in [-0.39, 0.29) is 24.0 Å². The van der Waals surface area contributed by atoms with Crippen LogP contribution in [0.4, 0.5) is 0 Å². The summed E-state index contributed by atoms with van der Waals surface area (Å²) in [5.41, 5.74) is 0.843. The minimum atomic E-state index is -3.59. The van der Waals surface area contributed by atoms with E-state index in [1.807, 2.05) is 12.1 Å². The van der Waals surface area contributed by atoms with Crippen molar-refractivity contribution in [2.24, 2.45) is 0 Å². The molecule has 8 nitrogen and oxygen atoms in total. The van der Waals surface area contributed by atoms with Crippen molar-refractivity contribution >= 4 is 21.8 Å². The first kappa shape index (κ1) is 23.7. The first-order valence-electron chi connectivity index (χ1n) is 10.7. The number of ether oxygens (including phenoxy) is 1. The highest BCUT2D eigenvalue weighted by Crippen LogP contribution is 2.26. The second-order valence-electron chi connectivity index (χ2n) is 7.65. The van der Waals surface area contributed by atoms with Crippen LogP contribution in [0.15, 0.2) is 59.5 Å². The van der Waals surface area contributed by atoms with Gasteiger partial charge in [0.15, 0.2) is 0 Å². The summed E-state index contributed by atoms with van der Waals surface area (Å²) in [5.74, 6) is -0.742. The molecule has 32 heavy (non-hydrogen) atoms. The van der Waals surface area contributed by atoms with Crippen LogP contribution in [0.2, 0.25) is 0 Å². The number of carbonyl (C=O) groups excluding carboxylic acids is 2. The topological polar surface area (TPSA) is 105 Å². The van der Waals surface area contributed by atoms with Crippen LogP contribution in [-0.2, 0) is 26.2 Å². The van der Waals surface area contributed by atoms with Gasteiger partial charge >= 0.3 is 11.8 Å². The maximum Gasteiger partial charge on any atom is 0.309 e. The molecule has 9 heteroatoms. The monoisotopic (exact) mass is 459 g/mol. The number of sulfonamides is 1. The molecular weight excluding hydrogens is 430 g/mol. The van der Waals surface area contributed by atoms with E-state index < -0.39 is 21.8 Å². The Kier molecular flexibility index (Phi) is 8.24. The molecule has 1 fully saturated rings. The van der Waals surface area contributed by atoms with Crippen LogP contribution in [0, 0.1) is 0 Å². The fourth-order valence-electron chi connectivity index (χ4n) is 3.75. The molecule has 3 rings (SSSR count). The second kappa shape index (κ2) is 11.1. The van der Waals surface area contributed by atoms with Crippen LogP contribution in [-0.4, -0.2) is 50.8 Å². The lowest BCUT2D eigenvalue weighted by Crippen LogP contribution is -2.46. The summed E-state index contributed by atoms with van der Waals surface area (Å²) in [4.78, 5) is 24.5. The van der Waals surface area contributed by atoms with E-state index in [0.29, 0.717) is 18.7 Å². The number of rotatable bonds is 8. The molecule has 0 aromatic heterocycles. The molecule has 1 aliphatic rings. The number of hydrogen-bond acceptors (Lipinski definition) is 5. The van der Waals surface area contributed by atoms with Gasteiger partial charge in [-0.3, -0.25) is 9.59 Å². The largest absolute Gasteiger partial charge is 0.497 e. The van der Waals surface area contributed by atoms with Crippen LogP contribution < -0.4 is 15.4 Å². The Morgan fingerprint density at radius 1 is 1.00 bits per heavy atom. The molecule has 1 heterocycles. The molecule has 0 unspecified atom stereocenters. The summed E-state index contributed by atoms with van der Waals surface area (Å²) < 4.78 is 32.7. The van der Waals surface area contributed by atoms with Crippen molar-refractivity contribution < 1.29 is 22.7 Å². The van der Waals surface area contributed by atoms with Gasteiger partial charge in [0.2, 0.25) is 10.0 Å². The van der Waals surface area contributed by atoms with E-state index in [9.17, 15) is 18.0 Å². The third-order valence-electron chi connectivity index (χ3n) is 5.50. The highest BCUT2D eigenvalue weighted by Gasteiger charge is 2.33. The Labute approximate surface area is 189 Å². The summed E-state index contributed by atoms with van der Waals surface area (Å²) in [5, 5.41) is 5.18. The maximum atomic E-state index is 13.0. The Hall–Kier alpha value is -2.91. The summed E-state index contributed by atoms with van der Waals surface area (Å²) in [6.07, 6.45) is 2.92. The Morgan fingerprint density at radius 2 is 1.69 bits per heavy atom. The smallest absolute Gasteiger partial charge is 0.309 e. The molecular formula is C23H29N3O5S. The molecule has 0 spiro atoms. The van der Waals surface area contributed by atoms with Crippen molar-refractivity contribution in [3.8, 4) is 5.75 Å². The van der Waals surface area contributed by atoms with E-state index in [0.717, 1.165) is 24.8 Å². The van der Waals surface area contributed by atoms with Crippen molar-refractivity contribution in [2.75, 3.05) is 20.2 Å². The Bertz CT molecular complexity index is 1010. The van der Waals surface area contributed by atoms with Gasteiger partial charge in [-0.2, -0.15) is 4.31 Å². The maximum absolute atomic E-state index is 13.0. The zero-order valence-electron chi connectivity index (χ0n) is 18.1. The quantitative estimate of drug-likeness (QED) is 0.588. The predicted octanol–water partition coefficient (Wildman–Crippen LogP) is 2.06. The summed E-state index contributed by atoms with van der Waals surface area (Å²) >= 11 is 0. The van der Waals surface area contributed by atoms with Gasteiger partial charge in [-0.05, 0) is 49.1 Å². The van der Waals surface area contributed by atoms with E-state index in [1.165, 1.54) is 4.31 Å². The first-order chi connectivity index (χ1) is 15.4. The fourth-order valence-corrected chi connectivity index (χ4v) is 5.49. The molecule has 0 radical (unpaired) electrons. The third-order valence-corrected chi connectivity index (χ3v) is 7.47. The number of piperidine rings is 1. The molecule has 0 aliphatic carbocycles. The van der Waals surface area contributed by atoms with Crippen LogP contribution in [0.1, 0.15) is 31.2 Å². The predicted molar refractivity (Wildman–Crippen MR) is 120 cm³/mol. The molecule has 2 amide bonds. The summed E-state index contributed by atoms with van der Waals surface area (Å²) in [6, 6.07) is 15.3. The molecule has 2 N–H and O–H groups in total. The number of benzene rings is 2. The highest BCUT2D eigenvalue weighted by atomic mass is 32.2. The average Bonchev–Trinajstić information content (AvgIpc) is 2.83.